The number of benzene rings is 1. The van der Waals surface area contributed by atoms with Crippen molar-refractivity contribution in [1.82, 2.24) is 0 Å². The number of nitriles is 1. The Balaban J connectivity index is 2.61. The molecule has 0 bridgehead atoms. The molecular formula is C19H20N2O5. The highest BCUT2D eigenvalue weighted by molar-refractivity contribution is 5.92. The number of hydrogen-bond donors (Lipinski definition) is 1. The Bertz CT molecular complexity index is 833. The topological polar surface area (TPSA) is 104 Å². The van der Waals surface area contributed by atoms with Gasteiger partial charge in [-0.2, -0.15) is 5.26 Å². The lowest BCUT2D eigenvalue weighted by Gasteiger charge is -2.27. The number of nitrogens with zero attached hydrogens (tertiary/aromatic N) is 1. The highest BCUT2D eigenvalue weighted by Crippen LogP contribution is 2.42. The van der Waals surface area contributed by atoms with Gasteiger partial charge in [0.05, 0.1) is 25.7 Å². The minimum Gasteiger partial charge on any atom is -0.493 e. The van der Waals surface area contributed by atoms with Gasteiger partial charge in [-0.05, 0) is 24.6 Å². The van der Waals surface area contributed by atoms with E-state index in [0.29, 0.717) is 17.1 Å². The summed E-state index contributed by atoms with van der Waals surface area (Å²) in [4.78, 5) is 12.6. The van der Waals surface area contributed by atoms with Crippen molar-refractivity contribution in [2.45, 2.75) is 12.8 Å². The van der Waals surface area contributed by atoms with Gasteiger partial charge in [0.2, 0.25) is 5.88 Å². The summed E-state index contributed by atoms with van der Waals surface area (Å²) in [6.07, 6.45) is 1.46. The first kappa shape index (κ1) is 18.9. The van der Waals surface area contributed by atoms with Crippen LogP contribution in [0.15, 0.2) is 53.6 Å². The van der Waals surface area contributed by atoms with Crippen LogP contribution in [0.25, 0.3) is 0 Å². The van der Waals surface area contributed by atoms with Crippen LogP contribution >= 0.6 is 0 Å². The van der Waals surface area contributed by atoms with Gasteiger partial charge in [0.25, 0.3) is 0 Å². The van der Waals surface area contributed by atoms with Crippen molar-refractivity contribution in [3.8, 4) is 17.6 Å². The van der Waals surface area contributed by atoms with Crippen LogP contribution < -0.4 is 15.2 Å². The molecule has 2 rings (SSSR count). The molecule has 0 fully saturated rings. The molecule has 7 heteroatoms. The molecule has 1 atom stereocenters. The zero-order valence-electron chi connectivity index (χ0n) is 14.9. The van der Waals surface area contributed by atoms with Gasteiger partial charge in [-0.15, -0.1) is 0 Å². The molecule has 0 aromatic heterocycles. The summed E-state index contributed by atoms with van der Waals surface area (Å²) in [5, 5.41) is 9.57. The number of methoxy groups -OCH3 is 2. The van der Waals surface area contributed by atoms with Gasteiger partial charge >= 0.3 is 5.97 Å². The van der Waals surface area contributed by atoms with Gasteiger partial charge in [-0.1, -0.05) is 18.7 Å². The van der Waals surface area contributed by atoms with E-state index in [9.17, 15) is 10.1 Å². The Morgan fingerprint density at radius 1 is 1.38 bits per heavy atom. The van der Waals surface area contributed by atoms with Gasteiger partial charge in [-0.3, -0.25) is 0 Å². The van der Waals surface area contributed by atoms with E-state index in [1.54, 1.807) is 25.1 Å². The molecule has 0 radical (unpaired) electrons. The second-order valence-electron chi connectivity index (χ2n) is 5.40. The molecule has 0 spiro atoms. The number of carbonyl (C=O) groups excluding carboxylic acids is 1. The molecule has 0 aliphatic carbocycles. The average Bonchev–Trinajstić information content (AvgIpc) is 2.64. The molecule has 1 aliphatic heterocycles. The van der Waals surface area contributed by atoms with Crippen LogP contribution in [0.5, 0.6) is 11.5 Å². The SMILES string of the molecule is C=CCOC(=O)C1=C(C)OC(N)=C(C#N)[C@@H]1c1ccc(OC)c(OC)c1. The summed E-state index contributed by atoms with van der Waals surface area (Å²) >= 11 is 0. The molecule has 0 saturated carbocycles. The lowest BCUT2D eigenvalue weighted by Crippen LogP contribution is -2.25. The van der Waals surface area contributed by atoms with Crippen molar-refractivity contribution >= 4 is 5.97 Å². The largest absolute Gasteiger partial charge is 0.493 e. The second kappa shape index (κ2) is 8.12. The fourth-order valence-electron chi connectivity index (χ4n) is 2.72. The summed E-state index contributed by atoms with van der Waals surface area (Å²) in [5.41, 5.74) is 6.81. The summed E-state index contributed by atoms with van der Waals surface area (Å²) < 4.78 is 21.1. The number of ether oxygens (including phenoxy) is 4. The van der Waals surface area contributed by atoms with E-state index in [2.05, 4.69) is 6.58 Å². The van der Waals surface area contributed by atoms with E-state index < -0.39 is 11.9 Å². The monoisotopic (exact) mass is 356 g/mol. The molecule has 7 nitrogen and oxygen atoms in total. The maximum Gasteiger partial charge on any atom is 0.338 e. The highest BCUT2D eigenvalue weighted by atomic mass is 16.5. The predicted molar refractivity (Wildman–Crippen MR) is 94.1 cm³/mol. The van der Waals surface area contributed by atoms with E-state index in [4.69, 9.17) is 24.7 Å². The molecule has 2 N–H and O–H groups in total. The van der Waals surface area contributed by atoms with Crippen molar-refractivity contribution < 1.29 is 23.7 Å². The van der Waals surface area contributed by atoms with E-state index in [-0.39, 0.29) is 29.4 Å². The summed E-state index contributed by atoms with van der Waals surface area (Å²) in [5.74, 6) is -0.146. The zero-order valence-corrected chi connectivity index (χ0v) is 14.9. The Morgan fingerprint density at radius 3 is 2.65 bits per heavy atom. The summed E-state index contributed by atoms with van der Waals surface area (Å²) in [6.45, 7) is 5.16. The first-order valence-corrected chi connectivity index (χ1v) is 7.76. The van der Waals surface area contributed by atoms with Crippen LogP contribution in [0, 0.1) is 11.3 Å². The Morgan fingerprint density at radius 2 is 2.08 bits per heavy atom. The molecule has 1 aliphatic rings. The van der Waals surface area contributed by atoms with E-state index in [1.807, 2.05) is 6.07 Å². The molecule has 26 heavy (non-hydrogen) atoms. The third-order valence-electron chi connectivity index (χ3n) is 3.90. The van der Waals surface area contributed by atoms with Crippen LogP contribution in [-0.2, 0) is 14.3 Å². The molecule has 136 valence electrons. The molecular weight excluding hydrogens is 336 g/mol. The number of rotatable bonds is 6. The van der Waals surface area contributed by atoms with Gasteiger partial charge in [0, 0.05) is 0 Å². The van der Waals surface area contributed by atoms with Crippen molar-refractivity contribution in [3.63, 3.8) is 0 Å². The van der Waals surface area contributed by atoms with E-state index >= 15 is 0 Å². The van der Waals surface area contributed by atoms with Crippen LogP contribution in [0.3, 0.4) is 0 Å². The minimum atomic E-state index is -0.745. The van der Waals surface area contributed by atoms with Crippen LogP contribution in [0.4, 0.5) is 0 Å². The first-order chi connectivity index (χ1) is 12.5. The Kier molecular flexibility index (Phi) is 5.91. The zero-order chi connectivity index (χ0) is 19.3. The summed E-state index contributed by atoms with van der Waals surface area (Å²) in [7, 11) is 3.02. The molecule has 1 aromatic rings. The first-order valence-electron chi connectivity index (χ1n) is 7.76. The summed E-state index contributed by atoms with van der Waals surface area (Å²) in [6, 6.07) is 7.14. The third-order valence-corrected chi connectivity index (χ3v) is 3.90. The Labute approximate surface area is 151 Å². The fraction of sp³-hybridized carbons (Fsp3) is 0.263. The Hall–Kier alpha value is -3.40. The minimum absolute atomic E-state index is 0.0371. The maximum atomic E-state index is 12.6. The number of nitrogens with two attached hydrogens (primary N) is 1. The number of hydrogen-bond acceptors (Lipinski definition) is 7. The molecule has 0 unspecified atom stereocenters. The lowest BCUT2D eigenvalue weighted by molar-refractivity contribution is -0.138. The average molecular weight is 356 g/mol. The maximum absolute atomic E-state index is 12.6. The molecule has 1 aromatic carbocycles. The van der Waals surface area contributed by atoms with Crippen LogP contribution in [0.1, 0.15) is 18.4 Å². The van der Waals surface area contributed by atoms with Crippen LogP contribution in [-0.4, -0.2) is 26.8 Å². The van der Waals surface area contributed by atoms with Gasteiger partial charge in [-0.25, -0.2) is 4.79 Å². The van der Waals surface area contributed by atoms with Crippen molar-refractivity contribution in [2.24, 2.45) is 5.73 Å². The van der Waals surface area contributed by atoms with Gasteiger partial charge in [0.15, 0.2) is 11.5 Å². The number of allylic oxidation sites excluding steroid dienone is 2. The standard InChI is InChI=1S/C19H20N2O5/c1-5-8-25-19(22)16-11(2)26-18(21)13(10-20)17(16)12-6-7-14(23-3)15(9-12)24-4/h5-7,9,17H,1,8,21H2,2-4H3/t17-/m0/s1. The molecule has 1 heterocycles. The van der Waals surface area contributed by atoms with Crippen molar-refractivity contribution in [2.75, 3.05) is 20.8 Å². The highest BCUT2D eigenvalue weighted by Gasteiger charge is 2.36. The van der Waals surface area contributed by atoms with Crippen molar-refractivity contribution in [1.29, 1.82) is 5.26 Å². The normalized spacial score (nSPS) is 16.5. The third kappa shape index (κ3) is 3.49. The lowest BCUT2D eigenvalue weighted by atomic mass is 9.83. The fourth-order valence-corrected chi connectivity index (χ4v) is 2.72. The quantitative estimate of drug-likeness (QED) is 0.617. The second-order valence-corrected chi connectivity index (χ2v) is 5.40. The van der Waals surface area contributed by atoms with Crippen molar-refractivity contribution in [3.05, 3.63) is 59.2 Å². The van der Waals surface area contributed by atoms with Gasteiger partial charge < -0.3 is 24.7 Å². The predicted octanol–water partition coefficient (Wildman–Crippen LogP) is 2.51. The smallest absolute Gasteiger partial charge is 0.338 e. The molecule has 0 amide bonds. The van der Waals surface area contributed by atoms with E-state index in [1.165, 1.54) is 20.3 Å². The number of esters is 1. The molecule has 0 saturated heterocycles. The van der Waals surface area contributed by atoms with Gasteiger partial charge in [0.1, 0.15) is 24.0 Å². The van der Waals surface area contributed by atoms with Crippen LogP contribution in [0.2, 0.25) is 0 Å². The number of carbonyl (C=O) groups is 1. The van der Waals surface area contributed by atoms with E-state index in [0.717, 1.165) is 0 Å².